The average Bonchev–Trinajstić information content (AvgIpc) is 2.53. The van der Waals surface area contributed by atoms with E-state index in [9.17, 15) is 9.90 Å². The van der Waals surface area contributed by atoms with Crippen molar-refractivity contribution in [3.8, 4) is 11.5 Å². The summed E-state index contributed by atoms with van der Waals surface area (Å²) in [6, 6.07) is 12.2. The number of hydrogen-bond acceptors (Lipinski definition) is 4. The monoisotopic (exact) mass is 316 g/mol. The van der Waals surface area contributed by atoms with E-state index in [4.69, 9.17) is 14.6 Å². The molecular formula is C18H20O5. The zero-order chi connectivity index (χ0) is 17.0. The molecule has 0 aliphatic heterocycles. The molecule has 5 heteroatoms. The quantitative estimate of drug-likeness (QED) is 0.799. The number of hydrogen-bond donors (Lipinski definition) is 2. The van der Waals surface area contributed by atoms with E-state index in [1.807, 2.05) is 38.1 Å². The minimum absolute atomic E-state index is 0.101. The molecule has 0 heterocycles. The molecule has 0 fully saturated rings. The average molecular weight is 316 g/mol. The van der Waals surface area contributed by atoms with Crippen molar-refractivity contribution in [2.45, 2.75) is 19.3 Å². The molecule has 2 aromatic rings. The maximum Gasteiger partial charge on any atom is 0.339 e. The van der Waals surface area contributed by atoms with Crippen molar-refractivity contribution in [2.75, 3.05) is 13.9 Å². The van der Waals surface area contributed by atoms with Gasteiger partial charge in [0.1, 0.15) is 17.1 Å². The number of aromatic carboxylic acids is 1. The highest BCUT2D eigenvalue weighted by molar-refractivity contribution is 5.91. The number of carboxylic acids is 1. The van der Waals surface area contributed by atoms with Crippen LogP contribution in [0.1, 0.15) is 35.3 Å². The van der Waals surface area contributed by atoms with Gasteiger partial charge >= 0.3 is 5.97 Å². The van der Waals surface area contributed by atoms with E-state index in [0.717, 1.165) is 11.1 Å². The first-order chi connectivity index (χ1) is 10.9. The highest BCUT2D eigenvalue weighted by atomic mass is 16.7. The predicted molar refractivity (Wildman–Crippen MR) is 86.1 cm³/mol. The van der Waals surface area contributed by atoms with Gasteiger partial charge < -0.3 is 19.7 Å². The van der Waals surface area contributed by atoms with Crippen LogP contribution in [-0.2, 0) is 10.2 Å². The number of rotatable bonds is 6. The summed E-state index contributed by atoms with van der Waals surface area (Å²) >= 11 is 0. The fraction of sp³-hybridized carbons (Fsp3) is 0.278. The normalized spacial score (nSPS) is 11.3. The molecule has 5 nitrogen and oxygen atoms in total. The number of benzene rings is 2. The summed E-state index contributed by atoms with van der Waals surface area (Å²) in [6.45, 7) is 4.18. The third-order valence-electron chi connectivity index (χ3n) is 3.87. The number of carbonyl (C=O) groups is 1. The van der Waals surface area contributed by atoms with Crippen LogP contribution in [0.2, 0.25) is 0 Å². The number of aromatic hydroxyl groups is 1. The van der Waals surface area contributed by atoms with Crippen LogP contribution in [0.4, 0.5) is 0 Å². The van der Waals surface area contributed by atoms with Crippen molar-refractivity contribution < 1.29 is 24.5 Å². The van der Waals surface area contributed by atoms with E-state index >= 15 is 0 Å². The van der Waals surface area contributed by atoms with Crippen molar-refractivity contribution in [3.05, 3.63) is 59.2 Å². The topological polar surface area (TPSA) is 76.0 Å². The zero-order valence-electron chi connectivity index (χ0n) is 13.4. The number of phenols is 1. The molecule has 0 saturated heterocycles. The molecule has 122 valence electrons. The number of carboxylic acid groups (broad SMARTS) is 1. The van der Waals surface area contributed by atoms with E-state index in [-0.39, 0.29) is 18.1 Å². The minimum atomic E-state index is -1.15. The fourth-order valence-corrected chi connectivity index (χ4v) is 2.36. The van der Waals surface area contributed by atoms with Crippen molar-refractivity contribution in [1.82, 2.24) is 0 Å². The summed E-state index contributed by atoms with van der Waals surface area (Å²) in [5.41, 5.74) is 1.29. The molecule has 0 aliphatic carbocycles. The van der Waals surface area contributed by atoms with Gasteiger partial charge in [-0.2, -0.15) is 0 Å². The lowest BCUT2D eigenvalue weighted by Crippen LogP contribution is -2.19. The second-order valence-corrected chi connectivity index (χ2v) is 5.74. The van der Waals surface area contributed by atoms with E-state index in [2.05, 4.69) is 0 Å². The Balaban J connectivity index is 2.34. The van der Waals surface area contributed by atoms with Crippen molar-refractivity contribution in [3.63, 3.8) is 0 Å². The molecule has 0 amide bonds. The Morgan fingerprint density at radius 2 is 1.70 bits per heavy atom. The van der Waals surface area contributed by atoms with Gasteiger partial charge in [-0.05, 0) is 35.4 Å². The predicted octanol–water partition coefficient (Wildman–Crippen LogP) is 3.40. The first kappa shape index (κ1) is 16.8. The van der Waals surface area contributed by atoms with Gasteiger partial charge in [0.2, 0.25) is 0 Å². The summed E-state index contributed by atoms with van der Waals surface area (Å²) in [5.74, 6) is -0.688. The largest absolute Gasteiger partial charge is 0.507 e. The smallest absolute Gasteiger partial charge is 0.339 e. The van der Waals surface area contributed by atoms with Gasteiger partial charge in [-0.25, -0.2) is 4.79 Å². The van der Waals surface area contributed by atoms with E-state index in [1.165, 1.54) is 12.1 Å². The summed E-state index contributed by atoms with van der Waals surface area (Å²) in [6.07, 6.45) is 0. The Morgan fingerprint density at radius 3 is 2.26 bits per heavy atom. The Morgan fingerprint density at radius 1 is 1.09 bits per heavy atom. The first-order valence-corrected chi connectivity index (χ1v) is 7.15. The van der Waals surface area contributed by atoms with Crippen molar-refractivity contribution in [1.29, 1.82) is 0 Å². The van der Waals surface area contributed by atoms with Crippen LogP contribution in [0.3, 0.4) is 0 Å². The zero-order valence-corrected chi connectivity index (χ0v) is 13.4. The molecule has 0 atom stereocenters. The summed E-state index contributed by atoms with van der Waals surface area (Å²) in [4.78, 5) is 11.2. The lowest BCUT2D eigenvalue weighted by Gasteiger charge is -2.26. The van der Waals surface area contributed by atoms with Gasteiger partial charge in [0.25, 0.3) is 0 Å². The molecule has 0 unspecified atom stereocenters. The molecule has 0 radical (unpaired) electrons. The van der Waals surface area contributed by atoms with Crippen molar-refractivity contribution in [2.24, 2.45) is 0 Å². The standard InChI is InChI=1S/C18H20O5/c1-18(2,12-4-7-14(8-5-12)23-11-22-3)13-6-9-16(19)15(10-13)17(20)21/h4-10,19H,11H2,1-3H3,(H,20,21). The molecule has 0 bridgehead atoms. The van der Waals surface area contributed by atoms with E-state index in [1.54, 1.807) is 13.2 Å². The Bertz CT molecular complexity index is 689. The van der Waals surface area contributed by atoms with Crippen LogP contribution in [0.5, 0.6) is 11.5 Å². The highest BCUT2D eigenvalue weighted by Crippen LogP contribution is 2.34. The molecule has 2 rings (SSSR count). The fourth-order valence-electron chi connectivity index (χ4n) is 2.36. The number of ether oxygens (including phenoxy) is 2. The Kier molecular flexibility index (Phi) is 4.91. The van der Waals surface area contributed by atoms with Crippen LogP contribution in [0, 0.1) is 0 Å². The molecule has 0 spiro atoms. The lowest BCUT2D eigenvalue weighted by molar-refractivity contribution is 0.0511. The van der Waals surface area contributed by atoms with Crippen LogP contribution >= 0.6 is 0 Å². The second kappa shape index (κ2) is 6.71. The van der Waals surface area contributed by atoms with Gasteiger partial charge in [-0.15, -0.1) is 0 Å². The maximum absolute atomic E-state index is 11.2. The van der Waals surface area contributed by atoms with Crippen LogP contribution in [-0.4, -0.2) is 30.1 Å². The first-order valence-electron chi connectivity index (χ1n) is 7.15. The van der Waals surface area contributed by atoms with Crippen LogP contribution in [0.25, 0.3) is 0 Å². The minimum Gasteiger partial charge on any atom is -0.507 e. The molecule has 0 aliphatic rings. The number of methoxy groups -OCH3 is 1. The Labute approximate surface area is 135 Å². The molecule has 23 heavy (non-hydrogen) atoms. The SMILES string of the molecule is COCOc1ccc(C(C)(C)c2ccc(O)c(C(=O)O)c2)cc1. The van der Waals surface area contributed by atoms with E-state index < -0.39 is 11.4 Å². The van der Waals surface area contributed by atoms with Gasteiger partial charge in [-0.1, -0.05) is 32.0 Å². The third kappa shape index (κ3) is 3.63. The summed E-state index contributed by atoms with van der Waals surface area (Å²) in [5, 5.41) is 18.8. The molecule has 2 aromatic carbocycles. The summed E-state index contributed by atoms with van der Waals surface area (Å²) < 4.78 is 10.2. The highest BCUT2D eigenvalue weighted by Gasteiger charge is 2.25. The molecule has 2 N–H and O–H groups in total. The van der Waals surface area contributed by atoms with Crippen LogP contribution in [0.15, 0.2) is 42.5 Å². The third-order valence-corrected chi connectivity index (χ3v) is 3.87. The van der Waals surface area contributed by atoms with Crippen molar-refractivity contribution >= 4 is 5.97 Å². The van der Waals surface area contributed by atoms with Gasteiger partial charge in [0, 0.05) is 12.5 Å². The lowest BCUT2D eigenvalue weighted by atomic mass is 9.77. The van der Waals surface area contributed by atoms with Crippen LogP contribution < -0.4 is 4.74 Å². The molecule has 0 aromatic heterocycles. The molecule has 0 saturated carbocycles. The van der Waals surface area contributed by atoms with Gasteiger partial charge in [0.15, 0.2) is 6.79 Å². The van der Waals surface area contributed by atoms with Gasteiger partial charge in [-0.3, -0.25) is 0 Å². The molecular weight excluding hydrogens is 296 g/mol. The summed E-state index contributed by atoms with van der Waals surface area (Å²) in [7, 11) is 1.56. The Hall–Kier alpha value is -2.53. The van der Waals surface area contributed by atoms with E-state index in [0.29, 0.717) is 5.75 Å². The second-order valence-electron chi connectivity index (χ2n) is 5.74. The van der Waals surface area contributed by atoms with Gasteiger partial charge in [0.05, 0.1) is 0 Å². The maximum atomic E-state index is 11.2.